The zero-order valence-electron chi connectivity index (χ0n) is 70.6. The molecule has 4 aliphatic heterocycles. The van der Waals surface area contributed by atoms with Gasteiger partial charge in [0.1, 0.15) is 72.9 Å². The largest absolute Gasteiger partial charge is 0.490 e. The number of nitrogens with zero attached hydrogens (tertiary/aromatic N) is 20. The molecule has 6 aromatic heterocycles. The molecule has 0 aliphatic carbocycles. The minimum absolute atomic E-state index is 0. The summed E-state index contributed by atoms with van der Waals surface area (Å²) in [5.41, 5.74) is 48.1. The van der Waals surface area contributed by atoms with E-state index in [1.54, 1.807) is 6.07 Å². The first-order valence-corrected chi connectivity index (χ1v) is 54.8. The number of phosphoric acid groups is 12. The summed E-state index contributed by atoms with van der Waals surface area (Å²) in [6, 6.07) is 4.18. The summed E-state index contributed by atoms with van der Waals surface area (Å²) in [5.74, 6) is -11.9. The Hall–Kier alpha value is -7.72. The fourth-order valence-corrected chi connectivity index (χ4v) is 24.1. The number of fused-ring (bicyclic) bond motifs is 2. The van der Waals surface area contributed by atoms with E-state index < -0.39 is 240 Å². The van der Waals surface area contributed by atoms with Crippen molar-refractivity contribution < 1.29 is 241 Å². The number of H-pyrrole nitrogens is 2. The number of aryl methyl sites for hydroxylation is 1. The highest BCUT2D eigenvalue weighted by molar-refractivity contribution is 7.68. The molecular formula is C53H91F4N25O52P12. The van der Waals surface area contributed by atoms with E-state index in [0.717, 1.165) is 43.0 Å². The van der Waals surface area contributed by atoms with Crippen molar-refractivity contribution in [3.05, 3.63) is 138 Å². The van der Waals surface area contributed by atoms with Crippen molar-refractivity contribution >= 4 is 134 Å². The molecule has 0 radical (unpaired) electrons. The topological polar surface area (TPSA) is 1160 Å². The van der Waals surface area contributed by atoms with Crippen LogP contribution in [0.4, 0.5) is 35.1 Å². The number of aromatic amines is 2. The third kappa shape index (κ3) is 42.8. The van der Waals surface area contributed by atoms with Crippen LogP contribution in [0.1, 0.15) is 114 Å². The fraction of sp³-hybridized carbons (Fsp3) is 0.623. The van der Waals surface area contributed by atoms with Crippen LogP contribution in [-0.2, 0) is 145 Å². The van der Waals surface area contributed by atoms with Gasteiger partial charge < -0.3 is 143 Å². The lowest BCUT2D eigenvalue weighted by Crippen LogP contribution is -2.35. The van der Waals surface area contributed by atoms with Gasteiger partial charge in [-0.15, -0.1) is 0 Å². The Morgan fingerprint density at radius 3 is 1.00 bits per heavy atom. The second-order valence-corrected chi connectivity index (χ2v) is 45.7. The van der Waals surface area contributed by atoms with Crippen molar-refractivity contribution in [3.8, 4) is 0 Å². The molecule has 0 saturated carbocycles. The molecule has 146 heavy (non-hydrogen) atoms. The normalized spacial score (nSPS) is 24.9. The van der Waals surface area contributed by atoms with E-state index >= 15 is 0 Å². The Kier molecular flexibility index (Phi) is 46.8. The zero-order valence-corrected chi connectivity index (χ0v) is 81.3. The molecule has 0 spiro atoms. The maximum absolute atomic E-state index is 14.5. The number of hydrogen-bond donors (Lipinski definition) is 21. The molecule has 93 heteroatoms. The molecule has 4 saturated heterocycles. The monoisotopic (exact) mass is 2360 g/mol. The number of nitrogen functional groups attached to an aromatic ring is 3. The highest BCUT2D eigenvalue weighted by atomic mass is 31.3. The molecule has 6 aromatic rings. The first-order chi connectivity index (χ1) is 64.7. The predicted molar refractivity (Wildman–Crippen MR) is 470 cm³/mol. The van der Waals surface area contributed by atoms with E-state index in [0.29, 0.717) is 11.0 Å². The first kappa shape index (κ1) is 132. The standard InChI is InChI=1S/C13H19FN7O13P3.C13H19FN7O12P3.C12H19FN5O14P3.C11H18FN6O13P3.4CH4/c1-13(14,19-20-16)32-7-4-9(21-3-2-6-10(21)17-12(15)18-11(6)22)31-8(7)5-30-36(26,27)34-37(28,29)33-35(23,24)25;1-13(14,19-20-16)31-8-4-10(21-3-2-7-11(15)17-6-18-12(7)21)30-9(8)5-29-35(25,26)33-36(27,28)32-34(22,23)24;1-6-4-18(11(20)15-10(6)19)9-3-7(30-12(2,13)16-17-14)8(29-9)5-28-34(24,25)32-35(26,27)31-33(21,22)23;1-11(12,16-17-14)29-6-4-9(18-3-2-8(13)15-10(18)19)28-7(6)5-27-33(23,24)31-34(25,26)30-32(20,21)22;;;;/h2-3,7-9H,4-5H2,1H3,(H,26,27)(H,28,29)(H2,23,24,25)(H3,15,17,18,22);2-3,6,8-10H,4-5H2,1H3,(H,25,26)(H,27,28)(H2,15,17,18)(H2,22,23,24);4,7-9H,3,5H2,1-2H3,(H,24,25)(H,26,27)(H,15,19,20)(H2,21,22,23);2-3,6-7,9H,4-5H2,1H3,(H,23,24)(H,25,26)(H2,13,15,19)(H2,20,21,22);4*1H4/t7-,8-,9-,13?;8-,9-,10-,13?;7-,8-,9-,12?;6-,7-,9-,11?;;;;/m1111..../s1. The van der Waals surface area contributed by atoms with Gasteiger partial charge >= 0.3 is 105 Å². The van der Waals surface area contributed by atoms with Crippen LogP contribution in [0.5, 0.6) is 0 Å². The number of ether oxygens (including phenoxy) is 8. The number of phosphoric ester groups is 4. The Morgan fingerprint density at radius 2 is 0.699 bits per heavy atom. The summed E-state index contributed by atoms with van der Waals surface area (Å²) in [6.45, 7) is 0.366. The number of halogens is 4. The van der Waals surface area contributed by atoms with Crippen LogP contribution in [-0.4, -0.2) is 226 Å². The van der Waals surface area contributed by atoms with E-state index in [1.807, 2.05) is 4.98 Å². The number of hydrogen-bond acceptors (Lipinski definition) is 47. The minimum atomic E-state index is -5.80. The average Bonchev–Trinajstić information content (AvgIpc) is 1.64. The molecule has 24 N–H and O–H groups in total. The highest BCUT2D eigenvalue weighted by Crippen LogP contribution is 2.70. The fourth-order valence-electron chi connectivity index (χ4n) is 11.9. The van der Waals surface area contributed by atoms with Crippen molar-refractivity contribution in [1.29, 1.82) is 0 Å². The van der Waals surface area contributed by atoms with Gasteiger partial charge in [0.05, 0.1) is 61.6 Å². The molecule has 4 fully saturated rings. The van der Waals surface area contributed by atoms with Gasteiger partial charge in [0.25, 0.3) is 35.0 Å². The second-order valence-electron chi connectivity index (χ2n) is 28.0. The van der Waals surface area contributed by atoms with Crippen LogP contribution in [0.2, 0.25) is 0 Å². The SMILES string of the molecule is C.C.C.C.CC(F)(N=[N+]=[N-])O[C@@H]1C[C@H](n2ccc(N)nc2=O)O[C@@H]1COP(=O)(O)OP(=O)(O)OP(=O)(O)O.CC(F)(N=[N+]=[N-])O[C@@H]1C[C@H](n2ccc3c(=O)[nH]c(N)nc32)O[C@@H]1COP(=O)(O)OP(=O)(O)OP(=O)(O)O.CC(F)(N=[N+]=[N-])O[C@@H]1C[C@H](n2ccc3c(N)ncnc32)O[C@@H]1COP(=O)(O)OP(=O)(O)OP(=O)(O)O.Cc1cn([C@H]2C[C@@H](OC(C)(F)N=[N+]=[N-])[C@@H](COP(=O)(O)OP(=O)(O)OP(=O)(O)O)O2)c(=O)[nH]c1=O. The second kappa shape index (κ2) is 51.6. The lowest BCUT2D eigenvalue weighted by Gasteiger charge is -2.24. The molecule has 12 unspecified atom stereocenters. The molecule has 10 heterocycles. The average molecular weight is 2360 g/mol. The van der Waals surface area contributed by atoms with Crippen molar-refractivity contribution in [2.45, 2.75) is 188 Å². The van der Waals surface area contributed by atoms with Gasteiger partial charge in [0.15, 0.2) is 5.65 Å². The molecule has 77 nitrogen and oxygen atoms in total. The molecular weight excluding hydrogens is 2270 g/mol. The number of alkyl halides is 4. The number of nitrogens with two attached hydrogens (primary N) is 3. The van der Waals surface area contributed by atoms with Crippen LogP contribution in [0.15, 0.2) is 88.9 Å². The maximum atomic E-state index is 14.5. The Balaban J connectivity index is 0.000000496. The number of azide groups is 4. The summed E-state index contributed by atoms with van der Waals surface area (Å²) in [4.78, 5) is 221. The van der Waals surface area contributed by atoms with Crippen molar-refractivity contribution in [3.63, 3.8) is 0 Å². The van der Waals surface area contributed by atoms with Crippen LogP contribution in [0, 0.1) is 6.92 Å². The van der Waals surface area contributed by atoms with Gasteiger partial charge in [0, 0.05) is 103 Å². The molecule has 0 aromatic carbocycles. The summed E-state index contributed by atoms with van der Waals surface area (Å²) in [5, 5.41) is 11.8. The summed E-state index contributed by atoms with van der Waals surface area (Å²) in [7, 11) is -67.7. The van der Waals surface area contributed by atoms with Crippen molar-refractivity contribution in [1.82, 2.24) is 48.2 Å². The molecule has 0 amide bonds. The molecule has 24 atom stereocenters. The quantitative estimate of drug-likeness (QED) is 0.00442. The zero-order chi connectivity index (χ0) is 108. The third-order valence-corrected chi connectivity index (χ3v) is 31.9. The lowest BCUT2D eigenvalue weighted by atomic mass is 10.2. The van der Waals surface area contributed by atoms with Gasteiger partial charge in [-0.25, -0.2) is 91.9 Å². The Bertz CT molecular complexity index is 6700. The number of aromatic nitrogens is 10. The van der Waals surface area contributed by atoms with Crippen LogP contribution in [0.3, 0.4) is 0 Å². The summed E-state index contributed by atoms with van der Waals surface area (Å²) < 4.78 is 288. The summed E-state index contributed by atoms with van der Waals surface area (Å²) in [6.07, 6.45) is -10.5. The lowest BCUT2D eigenvalue weighted by molar-refractivity contribution is -0.179. The Labute approximate surface area is 809 Å². The van der Waals surface area contributed by atoms with E-state index in [4.69, 9.17) is 116 Å². The van der Waals surface area contributed by atoms with Gasteiger partial charge in [0.2, 0.25) is 5.95 Å². The van der Waals surface area contributed by atoms with Crippen LogP contribution in [0.25, 0.3) is 63.8 Å². The van der Waals surface area contributed by atoms with E-state index in [-0.39, 0.29) is 89.6 Å². The van der Waals surface area contributed by atoms with Crippen molar-refractivity contribution in [2.24, 2.45) is 20.5 Å². The predicted octanol–water partition coefficient (Wildman–Crippen LogP) is 7.41. The molecule has 0 bridgehead atoms. The van der Waals surface area contributed by atoms with Gasteiger partial charge in [-0.2, -0.15) is 44.5 Å². The molecule has 828 valence electrons. The number of rotatable bonds is 44. The van der Waals surface area contributed by atoms with Gasteiger partial charge in [-0.3, -0.25) is 46.8 Å². The summed E-state index contributed by atoms with van der Waals surface area (Å²) >= 11 is 0. The van der Waals surface area contributed by atoms with Gasteiger partial charge in [-0.05, 0) is 67.7 Å². The Morgan fingerprint density at radius 1 is 0.411 bits per heavy atom. The van der Waals surface area contributed by atoms with Crippen LogP contribution < -0.4 is 39.7 Å². The van der Waals surface area contributed by atoms with Crippen molar-refractivity contribution in [2.75, 3.05) is 43.6 Å². The van der Waals surface area contributed by atoms with E-state index in [9.17, 15) is 131 Å². The van der Waals surface area contributed by atoms with E-state index in [1.165, 1.54) is 53.1 Å². The highest BCUT2D eigenvalue weighted by Gasteiger charge is 2.52. The van der Waals surface area contributed by atoms with E-state index in [2.05, 4.69) is 118 Å². The smallest absolute Gasteiger partial charge is 0.383 e. The number of nitrogens with one attached hydrogen (secondary N) is 2. The third-order valence-electron chi connectivity index (χ3n) is 16.7. The minimum Gasteiger partial charge on any atom is -0.383 e. The maximum Gasteiger partial charge on any atom is 0.490 e. The molecule has 10 rings (SSSR count). The molecule has 4 aliphatic rings. The van der Waals surface area contributed by atoms with Gasteiger partial charge in [-0.1, -0.05) is 29.7 Å². The number of anilines is 3. The first-order valence-electron chi connectivity index (χ1n) is 36.7. The van der Waals surface area contributed by atoms with Crippen LogP contribution >= 0.6 is 93.9 Å².